The number of hydrogen-bond acceptors (Lipinski definition) is 4. The number of nitrogens with zero attached hydrogens (tertiary/aromatic N) is 3. The number of halogens is 2. The molecule has 1 aromatic heterocycles. The third-order valence-electron chi connectivity index (χ3n) is 5.39. The van der Waals surface area contributed by atoms with Crippen LogP contribution in [0.2, 0.25) is 5.02 Å². The minimum Gasteiger partial charge on any atom is -0.324 e. The third-order valence-corrected chi connectivity index (χ3v) is 5.71. The highest BCUT2D eigenvalue weighted by Gasteiger charge is 2.29. The highest BCUT2D eigenvalue weighted by atomic mass is 35.5. The predicted octanol–water partition coefficient (Wildman–Crippen LogP) is 5.69. The summed E-state index contributed by atoms with van der Waals surface area (Å²) in [7, 11) is 0. The van der Waals surface area contributed by atoms with Gasteiger partial charge in [-0.05, 0) is 42.8 Å². The Bertz CT molecular complexity index is 1350. The summed E-state index contributed by atoms with van der Waals surface area (Å²) in [6.45, 7) is 2.01. The van der Waals surface area contributed by atoms with E-state index >= 15 is 0 Å². The molecule has 2 heterocycles. The Morgan fingerprint density at radius 1 is 1.06 bits per heavy atom. The molecule has 0 saturated heterocycles. The number of allylic oxidation sites excluding steroid dienone is 1. The maximum Gasteiger partial charge on any atom is 0.258 e. The lowest BCUT2D eigenvalue weighted by atomic mass is 10.0. The summed E-state index contributed by atoms with van der Waals surface area (Å²) in [4.78, 5) is 17.0. The van der Waals surface area contributed by atoms with Crippen LogP contribution in [0.5, 0.6) is 0 Å². The molecule has 4 aromatic rings. The van der Waals surface area contributed by atoms with Crippen molar-refractivity contribution in [3.8, 4) is 0 Å². The zero-order chi connectivity index (χ0) is 22.9. The number of rotatable bonds is 4. The fourth-order valence-electron chi connectivity index (χ4n) is 3.71. The van der Waals surface area contributed by atoms with E-state index in [2.05, 4.69) is 20.7 Å². The molecular weight excluding hydrogens is 441 g/mol. The minimum absolute atomic E-state index is 0.0994. The highest BCUT2D eigenvalue weighted by molar-refractivity contribution is 6.31. The first-order chi connectivity index (χ1) is 16.0. The number of amides is 1. The van der Waals surface area contributed by atoms with Crippen LogP contribution < -0.4 is 10.6 Å². The Balaban J connectivity index is 1.56. The van der Waals surface area contributed by atoms with E-state index in [1.165, 1.54) is 10.7 Å². The van der Waals surface area contributed by atoms with E-state index in [9.17, 15) is 9.18 Å². The Morgan fingerprint density at radius 2 is 1.82 bits per heavy atom. The number of fused-ring (bicyclic) bond motifs is 1. The van der Waals surface area contributed by atoms with Crippen molar-refractivity contribution >= 4 is 35.1 Å². The Morgan fingerprint density at radius 3 is 2.55 bits per heavy atom. The van der Waals surface area contributed by atoms with Gasteiger partial charge in [-0.1, -0.05) is 65.7 Å². The SMILES string of the molecule is Cc1ccc(C2=CC(c3c(F)cccc3Cl)n3nc(NC(=O)c4ccccc4)nc3N2)cc1. The first kappa shape index (κ1) is 20.9. The van der Waals surface area contributed by atoms with E-state index in [1.54, 1.807) is 36.4 Å². The summed E-state index contributed by atoms with van der Waals surface area (Å²) in [6, 6.07) is 20.6. The molecule has 8 heteroatoms. The van der Waals surface area contributed by atoms with Gasteiger partial charge in [0, 0.05) is 21.8 Å². The number of benzene rings is 3. The summed E-state index contributed by atoms with van der Waals surface area (Å²) in [6.07, 6.45) is 1.85. The normalized spacial score (nSPS) is 14.8. The summed E-state index contributed by atoms with van der Waals surface area (Å²) < 4.78 is 16.4. The van der Waals surface area contributed by atoms with Crippen LogP contribution in [-0.4, -0.2) is 20.7 Å². The van der Waals surface area contributed by atoms with Gasteiger partial charge in [-0.15, -0.1) is 5.10 Å². The molecule has 0 saturated carbocycles. The van der Waals surface area contributed by atoms with E-state index < -0.39 is 11.9 Å². The zero-order valence-corrected chi connectivity index (χ0v) is 18.3. The van der Waals surface area contributed by atoms with Gasteiger partial charge in [0.25, 0.3) is 11.9 Å². The molecule has 0 radical (unpaired) electrons. The van der Waals surface area contributed by atoms with Crippen LogP contribution in [-0.2, 0) is 0 Å². The lowest BCUT2D eigenvalue weighted by molar-refractivity contribution is 0.102. The number of carbonyl (C=O) groups excluding carboxylic acids is 1. The van der Waals surface area contributed by atoms with Crippen molar-refractivity contribution in [1.29, 1.82) is 0 Å². The van der Waals surface area contributed by atoms with Crippen LogP contribution in [0.15, 0.2) is 78.9 Å². The Hall–Kier alpha value is -3.97. The molecule has 6 nitrogen and oxygen atoms in total. The molecule has 1 aliphatic heterocycles. The molecule has 1 unspecified atom stereocenters. The van der Waals surface area contributed by atoms with Gasteiger partial charge in [-0.2, -0.15) is 4.98 Å². The van der Waals surface area contributed by atoms with E-state index in [1.807, 2.05) is 43.3 Å². The zero-order valence-electron chi connectivity index (χ0n) is 17.6. The number of aromatic nitrogens is 3. The summed E-state index contributed by atoms with van der Waals surface area (Å²) in [5.41, 5.74) is 3.52. The third kappa shape index (κ3) is 4.10. The van der Waals surface area contributed by atoms with Crippen molar-refractivity contribution in [1.82, 2.24) is 14.8 Å². The number of hydrogen-bond donors (Lipinski definition) is 2. The quantitative estimate of drug-likeness (QED) is 0.411. The fraction of sp³-hybridized carbons (Fsp3) is 0.0800. The largest absolute Gasteiger partial charge is 0.324 e. The number of anilines is 2. The van der Waals surface area contributed by atoms with E-state index in [0.29, 0.717) is 11.5 Å². The highest BCUT2D eigenvalue weighted by Crippen LogP contribution is 2.37. The van der Waals surface area contributed by atoms with Crippen molar-refractivity contribution in [2.24, 2.45) is 0 Å². The summed E-state index contributed by atoms with van der Waals surface area (Å²) in [5, 5.41) is 10.7. The minimum atomic E-state index is -0.666. The van der Waals surface area contributed by atoms with Crippen molar-refractivity contribution in [3.05, 3.63) is 112 Å². The predicted molar refractivity (Wildman–Crippen MR) is 127 cm³/mol. The second kappa shape index (κ2) is 8.52. The number of aryl methyl sites for hydroxylation is 1. The molecule has 33 heavy (non-hydrogen) atoms. The molecule has 2 N–H and O–H groups in total. The first-order valence-electron chi connectivity index (χ1n) is 10.3. The fourth-order valence-corrected chi connectivity index (χ4v) is 3.98. The molecule has 1 atom stereocenters. The van der Waals surface area contributed by atoms with Gasteiger partial charge in [0.15, 0.2) is 0 Å². The molecule has 0 fully saturated rings. The molecule has 1 aliphatic rings. The van der Waals surface area contributed by atoms with Crippen LogP contribution in [0.4, 0.5) is 16.3 Å². The molecule has 5 rings (SSSR count). The Kier molecular flexibility index (Phi) is 5.40. The molecule has 164 valence electrons. The lowest BCUT2D eigenvalue weighted by Gasteiger charge is -2.25. The van der Waals surface area contributed by atoms with Crippen molar-refractivity contribution < 1.29 is 9.18 Å². The standard InChI is InChI=1S/C25H19ClFN5O/c1-15-10-12-16(13-11-15)20-14-21(22-18(26)8-5-9-19(22)27)32-25(28-20)30-24(31-32)29-23(33)17-6-3-2-4-7-17/h2-14,21H,1H3,(H2,28,29,30,31,33). The smallest absolute Gasteiger partial charge is 0.258 e. The van der Waals surface area contributed by atoms with Crippen LogP contribution in [0.25, 0.3) is 5.70 Å². The van der Waals surface area contributed by atoms with Gasteiger partial charge in [-0.3, -0.25) is 10.1 Å². The average Bonchev–Trinajstić information content (AvgIpc) is 3.22. The van der Waals surface area contributed by atoms with Gasteiger partial charge >= 0.3 is 0 Å². The van der Waals surface area contributed by atoms with Gasteiger partial charge < -0.3 is 5.32 Å². The molecule has 0 spiro atoms. The first-order valence-corrected chi connectivity index (χ1v) is 10.7. The molecule has 0 bridgehead atoms. The van der Waals surface area contributed by atoms with Crippen LogP contribution in [0, 0.1) is 12.7 Å². The summed E-state index contributed by atoms with van der Waals surface area (Å²) in [5.74, 6) is -0.334. The lowest BCUT2D eigenvalue weighted by Crippen LogP contribution is -2.21. The second-order valence-electron chi connectivity index (χ2n) is 7.68. The number of nitrogens with one attached hydrogen (secondary N) is 2. The van der Waals surface area contributed by atoms with E-state index in [0.717, 1.165) is 16.8 Å². The van der Waals surface area contributed by atoms with Crippen molar-refractivity contribution in [2.45, 2.75) is 13.0 Å². The van der Waals surface area contributed by atoms with E-state index in [4.69, 9.17) is 11.6 Å². The maximum absolute atomic E-state index is 14.9. The van der Waals surface area contributed by atoms with Crippen LogP contribution in [0.3, 0.4) is 0 Å². The molecule has 0 aliphatic carbocycles. The summed E-state index contributed by atoms with van der Waals surface area (Å²) >= 11 is 6.39. The van der Waals surface area contributed by atoms with Crippen LogP contribution >= 0.6 is 11.6 Å². The van der Waals surface area contributed by atoms with Crippen molar-refractivity contribution in [3.63, 3.8) is 0 Å². The maximum atomic E-state index is 14.9. The average molecular weight is 460 g/mol. The van der Waals surface area contributed by atoms with Crippen LogP contribution in [0.1, 0.15) is 33.1 Å². The van der Waals surface area contributed by atoms with Crippen molar-refractivity contribution in [2.75, 3.05) is 10.6 Å². The van der Waals surface area contributed by atoms with Gasteiger partial charge in [0.05, 0.1) is 0 Å². The molecular formula is C25H19ClFN5O. The second-order valence-corrected chi connectivity index (χ2v) is 8.08. The number of carbonyl (C=O) groups is 1. The van der Waals surface area contributed by atoms with Gasteiger partial charge in [-0.25, -0.2) is 9.07 Å². The van der Waals surface area contributed by atoms with Gasteiger partial charge in [0.2, 0.25) is 5.95 Å². The Labute approximate surface area is 194 Å². The molecule has 3 aromatic carbocycles. The monoisotopic (exact) mass is 459 g/mol. The van der Waals surface area contributed by atoms with E-state index in [-0.39, 0.29) is 22.4 Å². The topological polar surface area (TPSA) is 71.8 Å². The molecule has 1 amide bonds. The van der Waals surface area contributed by atoms with Gasteiger partial charge in [0.1, 0.15) is 11.9 Å².